The summed E-state index contributed by atoms with van der Waals surface area (Å²) in [6.45, 7) is 0. The van der Waals surface area contributed by atoms with Gasteiger partial charge in [-0.3, -0.25) is 0 Å². The van der Waals surface area contributed by atoms with Gasteiger partial charge in [-0.2, -0.15) is 0 Å². The van der Waals surface area contributed by atoms with Crippen molar-refractivity contribution < 1.29 is 8.42 Å². The van der Waals surface area contributed by atoms with Gasteiger partial charge in [-0.05, 0) is 18.6 Å². The van der Waals surface area contributed by atoms with Gasteiger partial charge in [-0.1, -0.05) is 0 Å². The van der Waals surface area contributed by atoms with Gasteiger partial charge < -0.3 is 4.98 Å². The van der Waals surface area contributed by atoms with E-state index < -0.39 is 9.84 Å². The van der Waals surface area contributed by atoms with Gasteiger partial charge in [0, 0.05) is 12.1 Å². The van der Waals surface area contributed by atoms with Crippen LogP contribution in [0, 0.1) is 0 Å². The van der Waals surface area contributed by atoms with E-state index in [4.69, 9.17) is 0 Å². The molecule has 2 aromatic heterocycles. The molecule has 84 valence electrons. The van der Waals surface area contributed by atoms with Crippen LogP contribution in [0.25, 0.3) is 11.2 Å². The molecule has 1 atom stereocenters. The summed E-state index contributed by atoms with van der Waals surface area (Å²) in [5.41, 5.74) is 1.52. The zero-order chi connectivity index (χ0) is 11.2. The molecule has 0 aliphatic carbocycles. The van der Waals surface area contributed by atoms with Crippen LogP contribution in [-0.2, 0) is 9.84 Å². The van der Waals surface area contributed by atoms with E-state index in [9.17, 15) is 8.42 Å². The fraction of sp³-hybridized carbons (Fsp3) is 0.400. The molecule has 0 spiro atoms. The quantitative estimate of drug-likeness (QED) is 0.798. The summed E-state index contributed by atoms with van der Waals surface area (Å²) in [6.07, 6.45) is 2.33. The molecule has 1 aliphatic rings. The third-order valence-electron chi connectivity index (χ3n) is 2.89. The summed E-state index contributed by atoms with van der Waals surface area (Å²) in [5, 5.41) is 0. The second kappa shape index (κ2) is 3.28. The predicted octanol–water partition coefficient (Wildman–Crippen LogP) is 0.860. The number of pyridine rings is 1. The summed E-state index contributed by atoms with van der Waals surface area (Å²) in [5.74, 6) is 1.21. The van der Waals surface area contributed by atoms with Gasteiger partial charge in [0.05, 0.1) is 17.0 Å². The Balaban J connectivity index is 2.01. The maximum absolute atomic E-state index is 11.4. The van der Waals surface area contributed by atoms with Gasteiger partial charge in [0.2, 0.25) is 0 Å². The van der Waals surface area contributed by atoms with E-state index in [1.165, 1.54) is 0 Å². The minimum Gasteiger partial charge on any atom is -0.340 e. The molecule has 1 N–H and O–H groups in total. The summed E-state index contributed by atoms with van der Waals surface area (Å²) < 4.78 is 22.7. The van der Waals surface area contributed by atoms with Gasteiger partial charge in [0.15, 0.2) is 15.5 Å². The molecule has 0 bridgehead atoms. The van der Waals surface area contributed by atoms with Crippen molar-refractivity contribution in [3.8, 4) is 0 Å². The fourth-order valence-corrected chi connectivity index (χ4v) is 3.82. The number of rotatable bonds is 1. The van der Waals surface area contributed by atoms with E-state index >= 15 is 0 Å². The smallest absolute Gasteiger partial charge is 0.177 e. The molecular formula is C10H11N3O2S. The molecule has 6 heteroatoms. The van der Waals surface area contributed by atoms with Crippen LogP contribution >= 0.6 is 0 Å². The third-order valence-corrected chi connectivity index (χ3v) is 4.66. The van der Waals surface area contributed by atoms with E-state index in [0.717, 1.165) is 11.3 Å². The van der Waals surface area contributed by atoms with Crippen LogP contribution in [0.1, 0.15) is 18.2 Å². The second-order valence-electron chi connectivity index (χ2n) is 4.10. The number of sulfone groups is 1. The van der Waals surface area contributed by atoms with E-state index in [1.54, 1.807) is 6.20 Å². The standard InChI is InChI=1S/C10H11N3O2S/c14-16(15)5-3-7(6-16)9-12-8-2-1-4-11-10(8)13-9/h1-2,4,7H,3,5-6H2,(H,11,12,13). The Morgan fingerprint density at radius 3 is 3.00 bits per heavy atom. The molecule has 0 saturated carbocycles. The highest BCUT2D eigenvalue weighted by Crippen LogP contribution is 2.27. The molecule has 1 saturated heterocycles. The molecule has 2 aromatic rings. The number of aromatic amines is 1. The molecule has 1 aliphatic heterocycles. The molecule has 3 rings (SSSR count). The lowest BCUT2D eigenvalue weighted by Gasteiger charge is -2.00. The molecule has 1 unspecified atom stereocenters. The molecule has 0 radical (unpaired) electrons. The highest BCUT2D eigenvalue weighted by Gasteiger charge is 2.31. The molecule has 1 fully saturated rings. The summed E-state index contributed by atoms with van der Waals surface area (Å²) in [6, 6.07) is 3.72. The third kappa shape index (κ3) is 1.59. The van der Waals surface area contributed by atoms with E-state index in [1.807, 2.05) is 12.1 Å². The lowest BCUT2D eigenvalue weighted by molar-refractivity contribution is 0.601. The number of nitrogens with one attached hydrogen (secondary N) is 1. The topological polar surface area (TPSA) is 75.7 Å². The number of hydrogen-bond acceptors (Lipinski definition) is 4. The number of imidazole rings is 1. The first kappa shape index (κ1) is 9.77. The molecule has 0 aromatic carbocycles. The zero-order valence-corrected chi connectivity index (χ0v) is 9.37. The average Bonchev–Trinajstić information content (AvgIpc) is 2.80. The van der Waals surface area contributed by atoms with Crippen molar-refractivity contribution in [3.05, 3.63) is 24.2 Å². The lowest BCUT2D eigenvalue weighted by atomic mass is 10.1. The minimum absolute atomic E-state index is 0.000741. The normalized spacial score (nSPS) is 23.9. The first-order valence-corrected chi connectivity index (χ1v) is 6.97. The average molecular weight is 237 g/mol. The maximum Gasteiger partial charge on any atom is 0.177 e. The summed E-state index contributed by atoms with van der Waals surface area (Å²) in [7, 11) is -2.86. The first-order chi connectivity index (χ1) is 7.64. The van der Waals surface area contributed by atoms with E-state index in [0.29, 0.717) is 12.1 Å². The SMILES string of the molecule is O=S1(=O)CCC(c2nc3ncccc3[nH]2)C1. The van der Waals surface area contributed by atoms with Crippen LogP contribution in [0.4, 0.5) is 0 Å². The van der Waals surface area contributed by atoms with Crippen molar-refractivity contribution in [3.63, 3.8) is 0 Å². The van der Waals surface area contributed by atoms with Crippen LogP contribution < -0.4 is 0 Å². The Bertz CT molecular complexity index is 599. The highest BCUT2D eigenvalue weighted by molar-refractivity contribution is 7.91. The van der Waals surface area contributed by atoms with Crippen molar-refractivity contribution in [2.24, 2.45) is 0 Å². The van der Waals surface area contributed by atoms with Crippen molar-refractivity contribution in [2.45, 2.75) is 12.3 Å². The molecule has 5 nitrogen and oxygen atoms in total. The fourth-order valence-electron chi connectivity index (χ4n) is 2.07. The molecule has 3 heterocycles. The maximum atomic E-state index is 11.4. The van der Waals surface area contributed by atoms with Gasteiger partial charge in [-0.15, -0.1) is 0 Å². The van der Waals surface area contributed by atoms with Gasteiger partial charge in [-0.25, -0.2) is 18.4 Å². The summed E-state index contributed by atoms with van der Waals surface area (Å²) in [4.78, 5) is 11.6. The Hall–Kier alpha value is -1.43. The molecule has 16 heavy (non-hydrogen) atoms. The Morgan fingerprint density at radius 2 is 2.31 bits per heavy atom. The van der Waals surface area contributed by atoms with Crippen LogP contribution in [0.5, 0.6) is 0 Å². The monoisotopic (exact) mass is 237 g/mol. The zero-order valence-electron chi connectivity index (χ0n) is 8.55. The highest BCUT2D eigenvalue weighted by atomic mass is 32.2. The number of hydrogen-bond donors (Lipinski definition) is 1. The minimum atomic E-state index is -2.86. The number of fused-ring (bicyclic) bond motifs is 1. The Kier molecular flexibility index (Phi) is 2.00. The van der Waals surface area contributed by atoms with Crippen molar-refractivity contribution >= 4 is 21.0 Å². The van der Waals surface area contributed by atoms with Crippen molar-refractivity contribution in [1.29, 1.82) is 0 Å². The molecular weight excluding hydrogens is 226 g/mol. The number of H-pyrrole nitrogens is 1. The first-order valence-electron chi connectivity index (χ1n) is 5.15. The Morgan fingerprint density at radius 1 is 1.44 bits per heavy atom. The number of aromatic nitrogens is 3. The van der Waals surface area contributed by atoms with Crippen LogP contribution in [0.15, 0.2) is 18.3 Å². The van der Waals surface area contributed by atoms with Crippen molar-refractivity contribution in [2.75, 3.05) is 11.5 Å². The van der Waals surface area contributed by atoms with Crippen LogP contribution in [0.2, 0.25) is 0 Å². The molecule has 0 amide bonds. The van der Waals surface area contributed by atoms with Crippen LogP contribution in [-0.4, -0.2) is 34.9 Å². The van der Waals surface area contributed by atoms with Crippen LogP contribution in [0.3, 0.4) is 0 Å². The second-order valence-corrected chi connectivity index (χ2v) is 6.33. The van der Waals surface area contributed by atoms with Gasteiger partial charge in [0.25, 0.3) is 0 Å². The van der Waals surface area contributed by atoms with Gasteiger partial charge in [0.1, 0.15) is 5.82 Å². The summed E-state index contributed by atoms with van der Waals surface area (Å²) >= 11 is 0. The van der Waals surface area contributed by atoms with E-state index in [-0.39, 0.29) is 17.4 Å². The predicted molar refractivity (Wildman–Crippen MR) is 59.9 cm³/mol. The van der Waals surface area contributed by atoms with Gasteiger partial charge >= 0.3 is 0 Å². The largest absolute Gasteiger partial charge is 0.340 e. The lowest BCUT2D eigenvalue weighted by Crippen LogP contribution is -2.04. The van der Waals surface area contributed by atoms with E-state index in [2.05, 4.69) is 15.0 Å². The number of nitrogens with zero attached hydrogens (tertiary/aromatic N) is 2. The van der Waals surface area contributed by atoms with Crippen molar-refractivity contribution in [1.82, 2.24) is 15.0 Å². The Labute approximate surface area is 92.8 Å².